The van der Waals surface area contributed by atoms with Gasteiger partial charge in [0.05, 0.1) is 0 Å². The second kappa shape index (κ2) is 20.8. The van der Waals surface area contributed by atoms with Crippen molar-refractivity contribution in [1.82, 2.24) is 0 Å². The monoisotopic (exact) mass is 728 g/mol. The summed E-state index contributed by atoms with van der Waals surface area (Å²) in [6, 6.07) is 36.7. The minimum absolute atomic E-state index is 0. The van der Waals surface area contributed by atoms with Gasteiger partial charge in [-0.2, -0.15) is 107 Å². The Morgan fingerprint density at radius 3 is 1.52 bits per heavy atom. The van der Waals surface area contributed by atoms with Crippen LogP contribution in [0.1, 0.15) is 88.8 Å². The van der Waals surface area contributed by atoms with Crippen LogP contribution >= 0.6 is 24.8 Å². The molecule has 0 saturated heterocycles. The Labute approximate surface area is 309 Å². The van der Waals surface area contributed by atoms with Gasteiger partial charge in [0.25, 0.3) is 0 Å². The molecular weight excluding hydrogens is 679 g/mol. The molecular formula is C43H52Cl2Zr-4. The van der Waals surface area contributed by atoms with Gasteiger partial charge in [0.1, 0.15) is 0 Å². The standard InChI is InChI=1S/C21H25.C7H9.2C7H7.CH2.2ClH.Zr/c1-20(2,3)16-9-7-14-11-15-8-10-17(21(4,5)6)13-19(15)18(14)12-16;1-6-3-4-7(2)5-6;2*1-7-5-3-2-4-6-7;;;;/h7,9-10,12-13H,11H2,1-6H3;3,5,7H,1-2H3;2*3-6H,1H3;1H2;2*1H;/q4*-1;;;;. The van der Waals surface area contributed by atoms with Crippen molar-refractivity contribution in [3.05, 3.63) is 154 Å². The van der Waals surface area contributed by atoms with E-state index in [1.54, 1.807) is 0 Å². The van der Waals surface area contributed by atoms with E-state index < -0.39 is 0 Å². The molecule has 0 N–H and O–H groups in total. The van der Waals surface area contributed by atoms with Crippen molar-refractivity contribution >= 4 is 29.0 Å². The predicted molar refractivity (Wildman–Crippen MR) is 203 cm³/mol. The van der Waals surface area contributed by atoms with E-state index in [0.29, 0.717) is 5.92 Å². The number of allylic oxidation sites excluding steroid dienone is 4. The van der Waals surface area contributed by atoms with Crippen molar-refractivity contribution in [3.63, 3.8) is 0 Å². The van der Waals surface area contributed by atoms with Crippen LogP contribution in [0.5, 0.6) is 0 Å². The summed E-state index contributed by atoms with van der Waals surface area (Å²) in [7, 11) is 0. The van der Waals surface area contributed by atoms with Gasteiger partial charge in [0, 0.05) is 0 Å². The van der Waals surface area contributed by atoms with Crippen LogP contribution in [0, 0.1) is 44.0 Å². The Hall–Kier alpha value is -2.31. The zero-order valence-corrected chi connectivity index (χ0v) is 33.6. The van der Waals surface area contributed by atoms with Crippen LogP contribution in [0.3, 0.4) is 0 Å². The number of benzene rings is 4. The fraction of sp³-hybridized carbons (Fsp3) is 0.326. The Morgan fingerprint density at radius 1 is 0.696 bits per heavy atom. The van der Waals surface area contributed by atoms with Gasteiger partial charge in [0.2, 0.25) is 0 Å². The summed E-state index contributed by atoms with van der Waals surface area (Å²) in [5.41, 5.74) is 12.7. The molecule has 0 nitrogen and oxygen atoms in total. The van der Waals surface area contributed by atoms with Crippen LogP contribution < -0.4 is 0 Å². The maximum absolute atomic E-state index is 3.53. The summed E-state index contributed by atoms with van der Waals surface area (Å²) in [6.07, 6.45) is 8.41. The second-order valence-corrected chi connectivity index (χ2v) is 13.5. The molecule has 2 aliphatic rings. The van der Waals surface area contributed by atoms with Crippen LogP contribution in [0.25, 0.3) is 11.1 Å². The molecule has 0 aromatic heterocycles. The first kappa shape index (κ1) is 43.7. The van der Waals surface area contributed by atoms with Crippen LogP contribution in [0.2, 0.25) is 0 Å². The Kier molecular flexibility index (Phi) is 19.8. The van der Waals surface area contributed by atoms with Gasteiger partial charge < -0.3 is 0 Å². The summed E-state index contributed by atoms with van der Waals surface area (Å²) in [6.45, 7) is 22.0. The van der Waals surface area contributed by atoms with Crippen molar-refractivity contribution in [2.45, 2.75) is 86.5 Å². The molecule has 1 unspecified atom stereocenters. The molecule has 6 rings (SSSR count). The molecule has 1 atom stereocenters. The first-order chi connectivity index (χ1) is 20.7. The molecule has 0 bridgehead atoms. The third-order valence-electron chi connectivity index (χ3n) is 7.38. The molecule has 246 valence electrons. The fourth-order valence-electron chi connectivity index (χ4n) is 4.68. The summed E-state index contributed by atoms with van der Waals surface area (Å²) >= 11 is 1.30. The van der Waals surface area contributed by atoms with Gasteiger partial charge in [-0.15, -0.1) is 37.3 Å². The first-order valence-electron chi connectivity index (χ1n) is 15.4. The molecule has 0 aliphatic heterocycles. The van der Waals surface area contributed by atoms with Crippen molar-refractivity contribution in [1.29, 1.82) is 0 Å². The van der Waals surface area contributed by atoms with Gasteiger partial charge in [-0.25, -0.2) is 11.6 Å². The first-order valence-corrected chi connectivity index (χ1v) is 17.1. The van der Waals surface area contributed by atoms with E-state index in [2.05, 4.69) is 134 Å². The molecule has 3 heteroatoms. The molecule has 0 amide bonds. The molecule has 0 fully saturated rings. The number of hydrogen-bond acceptors (Lipinski definition) is 0. The van der Waals surface area contributed by atoms with E-state index in [4.69, 9.17) is 0 Å². The molecule has 0 radical (unpaired) electrons. The molecule has 46 heavy (non-hydrogen) atoms. The van der Waals surface area contributed by atoms with Crippen LogP contribution in [-0.4, -0.2) is 4.21 Å². The molecule has 2 aliphatic carbocycles. The van der Waals surface area contributed by atoms with Crippen LogP contribution in [0.4, 0.5) is 0 Å². The molecule has 0 spiro atoms. The number of rotatable bonds is 0. The number of fused-ring (bicyclic) bond motifs is 3. The topological polar surface area (TPSA) is 0 Å². The molecule has 4 aromatic rings. The Bertz CT molecular complexity index is 1410. The fourth-order valence-corrected chi connectivity index (χ4v) is 4.68. The summed E-state index contributed by atoms with van der Waals surface area (Å²) in [4.78, 5) is 0. The van der Waals surface area contributed by atoms with E-state index in [1.807, 2.05) is 54.6 Å². The van der Waals surface area contributed by atoms with Crippen molar-refractivity contribution in [3.8, 4) is 11.1 Å². The van der Waals surface area contributed by atoms with Crippen LogP contribution in [0.15, 0.2) is 96.6 Å². The van der Waals surface area contributed by atoms with Crippen molar-refractivity contribution in [2.24, 2.45) is 5.92 Å². The number of halogens is 2. The van der Waals surface area contributed by atoms with Gasteiger partial charge in [-0.05, 0) is 17.4 Å². The number of aryl methyl sites for hydroxylation is 2. The van der Waals surface area contributed by atoms with Gasteiger partial charge in [-0.1, -0.05) is 103 Å². The zero-order valence-electron chi connectivity index (χ0n) is 29.5. The van der Waals surface area contributed by atoms with Gasteiger partial charge in [-0.3, -0.25) is 6.08 Å². The zero-order chi connectivity index (χ0) is 32.9. The van der Waals surface area contributed by atoms with Crippen molar-refractivity contribution < 1.29 is 24.2 Å². The normalized spacial score (nSPS) is 13.4. The summed E-state index contributed by atoms with van der Waals surface area (Å²) in [5, 5.41) is 0. The van der Waals surface area contributed by atoms with Gasteiger partial charge >= 0.3 is 28.4 Å². The van der Waals surface area contributed by atoms with Gasteiger partial charge in [0.15, 0.2) is 0 Å². The maximum atomic E-state index is 3.53. The van der Waals surface area contributed by atoms with E-state index in [1.165, 1.54) is 74.3 Å². The molecule has 0 heterocycles. The quantitative estimate of drug-likeness (QED) is 0.139. The minimum atomic E-state index is 0. The van der Waals surface area contributed by atoms with E-state index in [9.17, 15) is 0 Å². The van der Waals surface area contributed by atoms with Crippen molar-refractivity contribution in [2.75, 3.05) is 0 Å². The average molecular weight is 731 g/mol. The third-order valence-corrected chi connectivity index (χ3v) is 7.38. The SMILES string of the molecule is CC(C)(C)c1c[c-]c2c(c1)-c1cc(C(C)(C)C)ccc1C2.CC1=CC(C)[C-]=C1.Cc1cc[c-]cc1.Cc1cc[c-]cc1.Cl.Cl.[CH2]=[Zr]. The molecule has 0 saturated carbocycles. The summed E-state index contributed by atoms with van der Waals surface area (Å²) < 4.78 is 3.34. The molecule has 4 aromatic carbocycles. The Morgan fingerprint density at radius 2 is 1.17 bits per heavy atom. The number of hydrogen-bond donors (Lipinski definition) is 0. The van der Waals surface area contributed by atoms with Crippen LogP contribution in [-0.2, 0) is 41.5 Å². The van der Waals surface area contributed by atoms with E-state index >= 15 is 0 Å². The third kappa shape index (κ3) is 14.6. The second-order valence-electron chi connectivity index (χ2n) is 13.5. The predicted octanol–water partition coefficient (Wildman–Crippen LogP) is 12.0. The van der Waals surface area contributed by atoms with E-state index in [0.717, 1.165) is 6.42 Å². The summed E-state index contributed by atoms with van der Waals surface area (Å²) in [5.74, 6) is 0.556. The Balaban J connectivity index is 0.000000667. The average Bonchev–Trinajstić information content (AvgIpc) is 3.55. The van der Waals surface area contributed by atoms with E-state index in [-0.39, 0.29) is 35.6 Å².